The van der Waals surface area contributed by atoms with Gasteiger partial charge >= 0.3 is 0 Å². The van der Waals surface area contributed by atoms with Gasteiger partial charge in [0.1, 0.15) is 0 Å². The topological polar surface area (TPSA) is 98.3 Å². The van der Waals surface area contributed by atoms with E-state index in [1.807, 2.05) is 0 Å². The van der Waals surface area contributed by atoms with Crippen molar-refractivity contribution in [2.75, 3.05) is 18.3 Å². The number of nitrogens with two attached hydrogens (primary N) is 1. The van der Waals surface area contributed by atoms with E-state index in [-0.39, 0.29) is 17.8 Å². The first kappa shape index (κ1) is 8.34. The molecule has 0 amide bonds. The van der Waals surface area contributed by atoms with Crippen molar-refractivity contribution >= 4 is 24.6 Å². The predicted molar refractivity (Wildman–Crippen MR) is 44.1 cm³/mol. The first-order valence-corrected chi connectivity index (χ1v) is 3.03. The molecular weight excluding hydrogens is 160 g/mol. The zero-order valence-corrected chi connectivity index (χ0v) is 6.48. The molecule has 0 saturated carbocycles. The minimum absolute atomic E-state index is 0.0620. The van der Waals surface area contributed by atoms with Crippen LogP contribution in [0.4, 0.5) is 17.8 Å². The second-order valence-electron chi connectivity index (χ2n) is 1.78. The lowest BCUT2D eigenvalue weighted by Crippen LogP contribution is -2.05. The highest BCUT2D eigenvalue weighted by molar-refractivity contribution is 5.40. The normalized spacial score (nSPS) is 9.42. The third kappa shape index (κ3) is 1.86. The molecule has 0 bridgehead atoms. The summed E-state index contributed by atoms with van der Waals surface area (Å²) in [5.41, 5.74) is 7.71. The van der Waals surface area contributed by atoms with Gasteiger partial charge in [-0.2, -0.15) is 15.0 Å². The van der Waals surface area contributed by atoms with Crippen molar-refractivity contribution in [3.05, 3.63) is 0 Å². The van der Waals surface area contributed by atoms with Gasteiger partial charge in [-0.15, -0.1) is 0 Å². The fourth-order valence-corrected chi connectivity index (χ4v) is 0.588. The van der Waals surface area contributed by atoms with Crippen molar-refractivity contribution < 1.29 is 4.84 Å². The molecule has 0 aliphatic heterocycles. The van der Waals surface area contributed by atoms with Crippen LogP contribution >= 0.6 is 0 Å². The summed E-state index contributed by atoms with van der Waals surface area (Å²) in [5.74, 6) is 0.418. The summed E-state index contributed by atoms with van der Waals surface area (Å²) < 4.78 is 0. The van der Waals surface area contributed by atoms with Gasteiger partial charge in [0.05, 0.1) is 7.11 Å². The Morgan fingerprint density at radius 3 is 2.83 bits per heavy atom. The van der Waals surface area contributed by atoms with Gasteiger partial charge in [0.25, 0.3) is 11.9 Å². The molecular formula is C5H8N6O. The maximum Gasteiger partial charge on any atom is 0.255 e. The van der Waals surface area contributed by atoms with Crippen molar-refractivity contribution in [2.24, 2.45) is 4.99 Å². The third-order valence-corrected chi connectivity index (χ3v) is 0.976. The molecule has 1 rings (SSSR count). The lowest BCUT2D eigenvalue weighted by molar-refractivity contribution is 0.267. The summed E-state index contributed by atoms with van der Waals surface area (Å²) in [7, 11) is 1.43. The Labute approximate surface area is 68.7 Å². The van der Waals surface area contributed by atoms with Crippen LogP contribution in [0.25, 0.3) is 0 Å². The van der Waals surface area contributed by atoms with Crippen LogP contribution in [0, 0.1) is 0 Å². The fraction of sp³-hybridized carbons (Fsp3) is 0.200. The number of anilines is 2. The van der Waals surface area contributed by atoms with Crippen molar-refractivity contribution in [3.63, 3.8) is 0 Å². The van der Waals surface area contributed by atoms with Crippen LogP contribution < -0.4 is 11.2 Å². The number of nitrogen functional groups attached to an aromatic ring is 1. The van der Waals surface area contributed by atoms with Gasteiger partial charge < -0.3 is 5.73 Å². The summed E-state index contributed by atoms with van der Waals surface area (Å²) in [6.45, 7) is 3.25. The molecule has 12 heavy (non-hydrogen) atoms. The van der Waals surface area contributed by atoms with E-state index in [4.69, 9.17) is 5.73 Å². The Kier molecular flexibility index (Phi) is 2.49. The zero-order valence-electron chi connectivity index (χ0n) is 6.48. The summed E-state index contributed by atoms with van der Waals surface area (Å²) in [6.07, 6.45) is 0. The maximum absolute atomic E-state index is 5.32. The lowest BCUT2D eigenvalue weighted by Gasteiger charge is -2.01. The van der Waals surface area contributed by atoms with Crippen LogP contribution in [0.1, 0.15) is 0 Å². The minimum Gasteiger partial charge on any atom is -0.368 e. The fourth-order valence-electron chi connectivity index (χ4n) is 0.588. The monoisotopic (exact) mass is 168 g/mol. The molecule has 1 aromatic heterocycles. The summed E-state index contributed by atoms with van der Waals surface area (Å²) >= 11 is 0. The quantitative estimate of drug-likeness (QED) is 0.477. The highest BCUT2D eigenvalue weighted by Crippen LogP contribution is 2.07. The van der Waals surface area contributed by atoms with Gasteiger partial charge in [-0.05, 0) is 6.72 Å². The van der Waals surface area contributed by atoms with Gasteiger partial charge in [0.2, 0.25) is 5.95 Å². The Morgan fingerprint density at radius 2 is 2.25 bits per heavy atom. The van der Waals surface area contributed by atoms with E-state index in [0.717, 1.165) is 0 Å². The number of hydrogen-bond acceptors (Lipinski definition) is 7. The molecule has 0 saturated heterocycles. The molecule has 0 fully saturated rings. The lowest BCUT2D eigenvalue weighted by atomic mass is 10.8. The van der Waals surface area contributed by atoms with Crippen molar-refractivity contribution in [1.82, 2.24) is 15.0 Å². The maximum atomic E-state index is 5.32. The molecule has 3 N–H and O–H groups in total. The molecule has 0 aromatic carbocycles. The third-order valence-electron chi connectivity index (χ3n) is 0.976. The Balaban J connectivity index is 2.97. The van der Waals surface area contributed by atoms with E-state index in [2.05, 4.69) is 37.0 Å². The molecule has 7 heteroatoms. The van der Waals surface area contributed by atoms with Crippen LogP contribution in [-0.4, -0.2) is 28.8 Å². The summed E-state index contributed by atoms with van der Waals surface area (Å²) in [6, 6.07) is 0. The van der Waals surface area contributed by atoms with Crippen LogP contribution in [0.5, 0.6) is 0 Å². The van der Waals surface area contributed by atoms with Crippen LogP contribution in [0.3, 0.4) is 0 Å². The molecule has 0 aliphatic carbocycles. The second-order valence-corrected chi connectivity index (χ2v) is 1.78. The van der Waals surface area contributed by atoms with E-state index < -0.39 is 0 Å². The van der Waals surface area contributed by atoms with Crippen LogP contribution in [0.2, 0.25) is 0 Å². The predicted octanol–water partition coefficient (Wildman–Crippen LogP) is -0.241. The van der Waals surface area contributed by atoms with Crippen molar-refractivity contribution in [3.8, 4) is 0 Å². The Bertz CT molecular complexity index is 287. The van der Waals surface area contributed by atoms with E-state index >= 15 is 0 Å². The highest BCUT2D eigenvalue weighted by atomic mass is 16.6. The van der Waals surface area contributed by atoms with Gasteiger partial charge in [-0.25, -0.2) is 10.5 Å². The standard InChI is InChI=1S/C5H8N6O/c1-7-4-8-3(6)9-5(10-4)11-12-2/h1H2,2H3,(H3,6,8,9,10,11). The van der Waals surface area contributed by atoms with E-state index in [9.17, 15) is 0 Å². The first-order valence-electron chi connectivity index (χ1n) is 3.03. The molecule has 0 spiro atoms. The van der Waals surface area contributed by atoms with Crippen molar-refractivity contribution in [2.45, 2.75) is 0 Å². The van der Waals surface area contributed by atoms with Crippen LogP contribution in [-0.2, 0) is 4.84 Å². The summed E-state index contributed by atoms with van der Waals surface area (Å²) in [4.78, 5) is 19.2. The first-order chi connectivity index (χ1) is 5.76. The molecule has 0 unspecified atom stereocenters. The number of hydrogen-bond donors (Lipinski definition) is 2. The van der Waals surface area contributed by atoms with E-state index in [0.29, 0.717) is 0 Å². The average molecular weight is 168 g/mol. The molecule has 1 heterocycles. The van der Waals surface area contributed by atoms with E-state index in [1.54, 1.807) is 0 Å². The molecule has 64 valence electrons. The summed E-state index contributed by atoms with van der Waals surface area (Å²) in [5, 5.41) is 0. The number of nitrogens with zero attached hydrogens (tertiary/aromatic N) is 4. The number of rotatable bonds is 3. The molecule has 0 aliphatic rings. The van der Waals surface area contributed by atoms with Gasteiger partial charge in [-0.1, -0.05) is 0 Å². The van der Waals surface area contributed by atoms with E-state index in [1.165, 1.54) is 7.11 Å². The largest absolute Gasteiger partial charge is 0.368 e. The molecule has 1 aromatic rings. The number of aromatic nitrogens is 3. The van der Waals surface area contributed by atoms with Crippen molar-refractivity contribution in [1.29, 1.82) is 0 Å². The van der Waals surface area contributed by atoms with Crippen LogP contribution in [0.15, 0.2) is 4.99 Å². The van der Waals surface area contributed by atoms with Gasteiger partial charge in [-0.3, -0.25) is 4.84 Å². The smallest absolute Gasteiger partial charge is 0.255 e. The molecule has 0 radical (unpaired) electrons. The van der Waals surface area contributed by atoms with Gasteiger partial charge in [0.15, 0.2) is 0 Å². The minimum atomic E-state index is 0.0620. The van der Waals surface area contributed by atoms with Gasteiger partial charge in [0, 0.05) is 0 Å². The zero-order chi connectivity index (χ0) is 8.97. The Morgan fingerprint density at radius 1 is 1.50 bits per heavy atom. The number of nitrogens with one attached hydrogen (secondary N) is 1. The average Bonchev–Trinajstić information content (AvgIpc) is 2.04. The second kappa shape index (κ2) is 3.58. The SMILES string of the molecule is C=Nc1nc(N)nc(NOC)n1. The molecule has 0 atom stereocenters. The number of aliphatic imine (C=N–C) groups is 1. The highest BCUT2D eigenvalue weighted by Gasteiger charge is 2.00. The molecule has 7 nitrogen and oxygen atoms in total. The Hall–Kier alpha value is -1.76.